The lowest BCUT2D eigenvalue weighted by atomic mass is 9.35. The summed E-state index contributed by atoms with van der Waals surface area (Å²) in [5.74, 6) is 0. The normalized spacial score (nSPS) is 20.3. The Morgan fingerprint density at radius 3 is 1.84 bits per heavy atom. The van der Waals surface area contributed by atoms with E-state index in [-0.39, 0.29) is 33.8 Å². The standard InChI is InChI=1S/C54H61BN2S/c1-32-14-23-44-37(28-32)47-49(58-44)55-41-22-21-39-45(54(12,13)27-26-52(39,8)9)48(41)57(36-19-20-38-40(31-36)53(10,11)25-24-51(38,6)7)43-30-33(2)29-42(46(43)55)56(47)35-17-15-34(16-18-35)50(3,4)5/h14-23,28-31H,24-27H2,1-13H3/i1D3. The molecule has 0 saturated carbocycles. The number of nitrogens with zero attached hydrogens (tertiary/aromatic N) is 2. The number of anilines is 6. The molecule has 2 nitrogen and oxygen atoms in total. The Hall–Kier alpha value is -4.28. The molecule has 0 fully saturated rings. The van der Waals surface area contributed by atoms with Crippen LogP contribution in [-0.4, -0.2) is 6.71 Å². The first-order valence-corrected chi connectivity index (χ1v) is 22.5. The topological polar surface area (TPSA) is 6.48 Å². The molecule has 2 aliphatic heterocycles. The van der Waals surface area contributed by atoms with E-state index in [0.717, 1.165) is 40.7 Å². The van der Waals surface area contributed by atoms with Gasteiger partial charge in [0.1, 0.15) is 0 Å². The average Bonchev–Trinajstić information content (AvgIpc) is 3.56. The number of fused-ring (bicyclic) bond motifs is 9. The minimum Gasteiger partial charge on any atom is -0.311 e. The highest BCUT2D eigenvalue weighted by Crippen LogP contribution is 2.56. The van der Waals surface area contributed by atoms with Gasteiger partial charge in [-0.15, -0.1) is 11.3 Å². The van der Waals surface area contributed by atoms with Gasteiger partial charge in [-0.25, -0.2) is 0 Å². The predicted octanol–water partition coefficient (Wildman–Crippen LogP) is 13.6. The Bertz CT molecular complexity index is 2820. The molecule has 4 heteroatoms. The molecule has 0 bridgehead atoms. The van der Waals surface area contributed by atoms with Gasteiger partial charge in [0.05, 0.1) is 5.69 Å². The van der Waals surface area contributed by atoms with Gasteiger partial charge < -0.3 is 9.80 Å². The summed E-state index contributed by atoms with van der Waals surface area (Å²) in [5, 5.41) is 1.00. The summed E-state index contributed by atoms with van der Waals surface area (Å²) in [6.07, 6.45) is 4.60. The van der Waals surface area contributed by atoms with Crippen molar-refractivity contribution in [3.05, 3.63) is 124 Å². The third-order valence-corrected chi connectivity index (χ3v) is 16.1. The second-order valence-electron chi connectivity index (χ2n) is 21.8. The SMILES string of the molecule is [2H]C([2H])([2H])c1ccc2sc3c(c2c1)N(c1ccc(C(C)(C)C)cc1)c1cc(C)cc2c1B3c1ccc3c(c1N2c1ccc2c(c1)C(C)(C)CCC2(C)C)C(C)(C)CCC3(C)C. The molecule has 5 aromatic carbocycles. The summed E-state index contributed by atoms with van der Waals surface area (Å²) < 4.78 is 27.8. The van der Waals surface area contributed by atoms with Crippen molar-refractivity contribution in [1.82, 2.24) is 0 Å². The van der Waals surface area contributed by atoms with Crippen molar-refractivity contribution in [2.75, 3.05) is 9.80 Å². The van der Waals surface area contributed by atoms with Gasteiger partial charge in [-0.2, -0.15) is 0 Å². The second kappa shape index (κ2) is 12.2. The minimum absolute atomic E-state index is 0.00716. The Labute approximate surface area is 357 Å². The molecule has 0 atom stereocenters. The van der Waals surface area contributed by atoms with E-state index in [0.29, 0.717) is 5.56 Å². The van der Waals surface area contributed by atoms with E-state index in [1.807, 2.05) is 23.5 Å². The van der Waals surface area contributed by atoms with E-state index < -0.39 is 6.85 Å². The molecule has 0 amide bonds. The fourth-order valence-electron chi connectivity index (χ4n) is 11.2. The molecular formula is C54H61BN2S. The van der Waals surface area contributed by atoms with Crippen LogP contribution < -0.4 is 25.5 Å². The van der Waals surface area contributed by atoms with E-state index in [1.165, 1.54) is 78.3 Å². The molecular weight excluding hydrogens is 719 g/mol. The summed E-state index contributed by atoms with van der Waals surface area (Å²) in [5.41, 5.74) is 18.7. The van der Waals surface area contributed by atoms with Gasteiger partial charge in [0.2, 0.25) is 0 Å². The van der Waals surface area contributed by atoms with Crippen LogP contribution in [0, 0.1) is 13.8 Å². The molecule has 0 unspecified atom stereocenters. The quantitative estimate of drug-likeness (QED) is 0.161. The lowest BCUT2D eigenvalue weighted by Gasteiger charge is -2.49. The highest BCUT2D eigenvalue weighted by molar-refractivity contribution is 7.33. The van der Waals surface area contributed by atoms with E-state index in [1.54, 1.807) is 0 Å². The van der Waals surface area contributed by atoms with E-state index in [2.05, 4.69) is 166 Å². The Kier molecular flexibility index (Phi) is 7.25. The fourth-order valence-corrected chi connectivity index (χ4v) is 12.5. The smallest absolute Gasteiger partial charge is 0.264 e. The third-order valence-electron chi connectivity index (χ3n) is 14.8. The van der Waals surface area contributed by atoms with Gasteiger partial charge in [0, 0.05) is 47.4 Å². The van der Waals surface area contributed by atoms with Crippen LogP contribution in [0.5, 0.6) is 0 Å². The van der Waals surface area contributed by atoms with Crippen molar-refractivity contribution in [3.8, 4) is 0 Å². The number of rotatable bonds is 2. The molecule has 0 N–H and O–H groups in total. The predicted molar refractivity (Wildman–Crippen MR) is 255 cm³/mol. The van der Waals surface area contributed by atoms with Gasteiger partial charge in [-0.3, -0.25) is 0 Å². The molecule has 0 spiro atoms. The summed E-state index contributed by atoms with van der Waals surface area (Å²) >= 11 is 1.84. The van der Waals surface area contributed by atoms with E-state index in [9.17, 15) is 0 Å². The maximum absolute atomic E-state index is 8.48. The molecule has 296 valence electrons. The second-order valence-corrected chi connectivity index (χ2v) is 22.9. The lowest BCUT2D eigenvalue weighted by molar-refractivity contribution is 0.331. The van der Waals surface area contributed by atoms with Crippen LogP contribution >= 0.6 is 11.3 Å². The van der Waals surface area contributed by atoms with Crippen molar-refractivity contribution in [3.63, 3.8) is 0 Å². The number of hydrogen-bond donors (Lipinski definition) is 0. The van der Waals surface area contributed by atoms with Crippen molar-refractivity contribution in [2.45, 2.75) is 143 Å². The van der Waals surface area contributed by atoms with Gasteiger partial charge in [-0.1, -0.05) is 118 Å². The zero-order valence-electron chi connectivity index (χ0n) is 39.8. The summed E-state index contributed by atoms with van der Waals surface area (Å²) in [7, 11) is 0. The number of hydrogen-bond acceptors (Lipinski definition) is 3. The number of thiophene rings is 1. The van der Waals surface area contributed by atoms with E-state index >= 15 is 0 Å². The molecule has 6 aromatic rings. The Balaban J connectivity index is 1.34. The summed E-state index contributed by atoms with van der Waals surface area (Å²) in [6, 6.07) is 32.2. The van der Waals surface area contributed by atoms with Crippen molar-refractivity contribution in [2.24, 2.45) is 0 Å². The number of aryl methyl sites for hydroxylation is 2. The van der Waals surface area contributed by atoms with Gasteiger partial charge >= 0.3 is 0 Å². The van der Waals surface area contributed by atoms with Crippen LogP contribution in [0.25, 0.3) is 10.1 Å². The molecule has 0 saturated heterocycles. The molecule has 1 aromatic heterocycles. The highest BCUT2D eigenvalue weighted by atomic mass is 32.1. The molecule has 0 radical (unpaired) electrons. The Morgan fingerprint density at radius 1 is 0.603 bits per heavy atom. The van der Waals surface area contributed by atoms with Gasteiger partial charge in [0.25, 0.3) is 6.71 Å². The van der Waals surface area contributed by atoms with Crippen molar-refractivity contribution >= 4 is 78.0 Å². The Morgan fingerprint density at radius 2 is 1.19 bits per heavy atom. The minimum atomic E-state index is -2.22. The summed E-state index contributed by atoms with van der Waals surface area (Å²) in [6.45, 7) is 26.3. The van der Waals surface area contributed by atoms with Gasteiger partial charge in [0.15, 0.2) is 0 Å². The van der Waals surface area contributed by atoms with E-state index in [4.69, 9.17) is 4.11 Å². The van der Waals surface area contributed by atoms with Crippen molar-refractivity contribution in [1.29, 1.82) is 0 Å². The third kappa shape index (κ3) is 5.42. The lowest BCUT2D eigenvalue weighted by Crippen LogP contribution is -2.61. The zero-order valence-corrected chi connectivity index (χ0v) is 37.6. The zero-order chi connectivity index (χ0) is 43.6. The first-order valence-electron chi connectivity index (χ1n) is 23.1. The van der Waals surface area contributed by atoms with Crippen LogP contribution in [-0.2, 0) is 27.1 Å². The van der Waals surface area contributed by atoms with Crippen LogP contribution in [0.1, 0.15) is 145 Å². The van der Waals surface area contributed by atoms with Crippen molar-refractivity contribution < 1.29 is 4.11 Å². The first kappa shape index (κ1) is 34.6. The molecule has 58 heavy (non-hydrogen) atoms. The largest absolute Gasteiger partial charge is 0.311 e. The first-order chi connectivity index (χ1) is 28.4. The van der Waals surface area contributed by atoms with Crippen LogP contribution in [0.15, 0.2) is 84.9 Å². The van der Waals surface area contributed by atoms with Crippen LogP contribution in [0.3, 0.4) is 0 Å². The molecule has 2 aliphatic carbocycles. The van der Waals surface area contributed by atoms with Crippen LogP contribution in [0.4, 0.5) is 34.1 Å². The van der Waals surface area contributed by atoms with Gasteiger partial charge in [-0.05, 0) is 159 Å². The average molecular weight is 784 g/mol. The maximum atomic E-state index is 8.48. The highest BCUT2D eigenvalue weighted by Gasteiger charge is 2.50. The summed E-state index contributed by atoms with van der Waals surface area (Å²) in [4.78, 5) is 5.16. The number of benzene rings is 5. The maximum Gasteiger partial charge on any atom is 0.264 e. The molecule has 10 rings (SSSR count). The molecule has 4 aliphatic rings. The molecule has 3 heterocycles. The van der Waals surface area contributed by atoms with Crippen LogP contribution in [0.2, 0.25) is 0 Å². The monoisotopic (exact) mass is 783 g/mol. The fraction of sp³-hybridized carbons (Fsp3) is 0.407.